The van der Waals surface area contributed by atoms with Crippen molar-refractivity contribution >= 4 is 29.5 Å². The van der Waals surface area contributed by atoms with Gasteiger partial charge in [-0.05, 0) is 69.8 Å². The average Bonchev–Trinajstić information content (AvgIpc) is 3.63. The van der Waals surface area contributed by atoms with Crippen LogP contribution in [0.2, 0.25) is 0 Å². The fourth-order valence-corrected chi connectivity index (χ4v) is 9.38. The minimum Gasteiger partial charge on any atom is -0.483 e. The predicted molar refractivity (Wildman–Crippen MR) is 219 cm³/mol. The van der Waals surface area contributed by atoms with Gasteiger partial charge in [0.2, 0.25) is 0 Å². The van der Waals surface area contributed by atoms with Crippen LogP contribution in [0.1, 0.15) is 27.8 Å². The van der Waals surface area contributed by atoms with Gasteiger partial charge in [-0.2, -0.15) is 0 Å². The molecule has 11 rings (SSSR count). The second kappa shape index (κ2) is 12.2. The van der Waals surface area contributed by atoms with E-state index < -0.39 is 18.6 Å². The van der Waals surface area contributed by atoms with Crippen molar-refractivity contribution in [2.24, 2.45) is 0 Å². The summed E-state index contributed by atoms with van der Waals surface area (Å²) in [4.78, 5) is 2.44. The van der Waals surface area contributed by atoms with E-state index in [9.17, 15) is 10.0 Å². The van der Waals surface area contributed by atoms with E-state index in [2.05, 4.69) is 157 Å². The Morgan fingerprint density at radius 3 is 1.69 bits per heavy atom. The van der Waals surface area contributed by atoms with Gasteiger partial charge in [0.05, 0.1) is 11.5 Å². The van der Waals surface area contributed by atoms with E-state index in [-0.39, 0.29) is 6.04 Å². The lowest BCUT2D eigenvalue weighted by Crippen LogP contribution is -2.48. The smallest absolute Gasteiger partial charge is 0.483 e. The van der Waals surface area contributed by atoms with E-state index in [1.165, 1.54) is 0 Å². The monoisotopic (exact) mass is 711 g/mol. The molecule has 0 fully saturated rings. The summed E-state index contributed by atoms with van der Waals surface area (Å²) in [6.45, 7) is 0. The van der Waals surface area contributed by atoms with Crippen LogP contribution in [0, 0.1) is 0 Å². The first-order chi connectivity index (χ1) is 27.1. The summed E-state index contributed by atoms with van der Waals surface area (Å²) in [6.07, 6.45) is 6.00. The van der Waals surface area contributed by atoms with Gasteiger partial charge in [-0.15, -0.1) is 0 Å². The number of allylic oxidation sites excluding steroid dienone is 2. The number of ether oxygens (including phenoxy) is 2. The third-order valence-electron chi connectivity index (χ3n) is 11.7. The molecule has 7 aromatic rings. The summed E-state index contributed by atoms with van der Waals surface area (Å²) in [5.74, 6) is 2.17. The molecule has 1 spiro atoms. The van der Waals surface area contributed by atoms with E-state index >= 15 is 0 Å². The molecule has 0 saturated carbocycles. The lowest BCUT2D eigenvalue weighted by molar-refractivity contribution is 0.258. The molecule has 0 amide bonds. The minimum atomic E-state index is -1.65. The molecular weight excluding hydrogens is 677 g/mol. The maximum atomic E-state index is 10.4. The predicted octanol–water partition coefficient (Wildman–Crippen LogP) is 9.42. The highest BCUT2D eigenvalue weighted by Crippen LogP contribution is 2.63. The van der Waals surface area contributed by atoms with Crippen LogP contribution in [0.3, 0.4) is 0 Å². The molecule has 7 aromatic carbocycles. The van der Waals surface area contributed by atoms with Gasteiger partial charge in [0.1, 0.15) is 23.4 Å². The Bertz CT molecular complexity index is 2580. The second-order valence-electron chi connectivity index (χ2n) is 14.5. The summed E-state index contributed by atoms with van der Waals surface area (Å²) in [5, 5.41) is 20.7. The Morgan fingerprint density at radius 1 is 0.545 bits per heavy atom. The number of hydrogen-bond acceptors (Lipinski definition) is 5. The van der Waals surface area contributed by atoms with Crippen LogP contribution >= 0.6 is 0 Å². The molecule has 3 aliphatic heterocycles. The van der Waals surface area contributed by atoms with Crippen LogP contribution < -0.4 is 19.8 Å². The third-order valence-corrected chi connectivity index (χ3v) is 11.7. The van der Waals surface area contributed by atoms with E-state index in [1.54, 1.807) is 6.07 Å². The van der Waals surface area contributed by atoms with E-state index in [0.29, 0.717) is 11.2 Å². The quantitative estimate of drug-likeness (QED) is 0.178. The molecule has 0 bridgehead atoms. The molecule has 3 heterocycles. The van der Waals surface area contributed by atoms with Crippen molar-refractivity contribution < 1.29 is 19.5 Å². The highest BCUT2D eigenvalue weighted by molar-refractivity contribution is 6.60. The van der Waals surface area contributed by atoms with Gasteiger partial charge >= 0.3 is 7.12 Å². The van der Waals surface area contributed by atoms with Crippen molar-refractivity contribution in [3.05, 3.63) is 210 Å². The molecule has 55 heavy (non-hydrogen) atoms. The molecule has 0 saturated heterocycles. The zero-order chi connectivity index (χ0) is 36.7. The Hall–Kier alpha value is -6.60. The van der Waals surface area contributed by atoms with Crippen LogP contribution in [-0.2, 0) is 5.41 Å². The topological polar surface area (TPSA) is 62.2 Å². The number of nitrogens with zero attached hydrogens (tertiary/aromatic N) is 1. The third kappa shape index (κ3) is 4.62. The maximum Gasteiger partial charge on any atom is 0.492 e. The first kappa shape index (κ1) is 31.9. The average molecular weight is 712 g/mol. The van der Waals surface area contributed by atoms with Crippen molar-refractivity contribution in [3.63, 3.8) is 0 Å². The zero-order valence-electron chi connectivity index (χ0n) is 29.7. The summed E-state index contributed by atoms with van der Waals surface area (Å²) < 4.78 is 13.6. The fraction of sp³-hybridized carbons (Fsp3) is 0.0612. The van der Waals surface area contributed by atoms with Gasteiger partial charge in [0.15, 0.2) is 0 Å². The van der Waals surface area contributed by atoms with Gasteiger partial charge in [-0.3, -0.25) is 0 Å². The van der Waals surface area contributed by atoms with E-state index in [1.807, 2.05) is 24.3 Å². The zero-order valence-corrected chi connectivity index (χ0v) is 29.7. The van der Waals surface area contributed by atoms with Crippen molar-refractivity contribution in [1.82, 2.24) is 0 Å². The number of rotatable bonds is 4. The van der Waals surface area contributed by atoms with Crippen molar-refractivity contribution in [2.45, 2.75) is 17.6 Å². The second-order valence-corrected chi connectivity index (χ2v) is 14.5. The fourth-order valence-electron chi connectivity index (χ4n) is 9.38. The molecule has 2 unspecified atom stereocenters. The minimum absolute atomic E-state index is 0.276. The normalized spacial score (nSPS) is 17.7. The van der Waals surface area contributed by atoms with Crippen LogP contribution in [0.4, 0.5) is 11.4 Å². The molecule has 5 nitrogen and oxygen atoms in total. The van der Waals surface area contributed by atoms with Crippen molar-refractivity contribution in [3.8, 4) is 39.5 Å². The Labute approximate surface area is 319 Å². The number of benzene rings is 7. The number of para-hydroxylation sites is 3. The largest absolute Gasteiger partial charge is 0.492 e. The molecule has 2 atom stereocenters. The molecular formula is C49H34BNO4. The van der Waals surface area contributed by atoms with Gasteiger partial charge in [0.25, 0.3) is 0 Å². The van der Waals surface area contributed by atoms with Crippen molar-refractivity contribution in [1.29, 1.82) is 0 Å². The standard InChI is InChI=1S/C49H34BNO4/c52-50(53)41-21-11-17-35-36-18-12-22-44(48(36)55-47(35)41)51-42-27-25-33(31-13-3-1-4-14-31)29-39(42)49(40-30-34(26-28-43(40)51)32-15-5-2-6-16-32)37-19-7-9-23-45(37)54-46-24-10-8-20-38(46)49/h1-30,44,48,52-53H. The van der Waals surface area contributed by atoms with Crippen molar-refractivity contribution in [2.75, 3.05) is 4.90 Å². The van der Waals surface area contributed by atoms with Gasteiger partial charge in [-0.1, -0.05) is 146 Å². The Morgan fingerprint density at radius 2 is 1.11 bits per heavy atom. The first-order valence-corrected chi connectivity index (χ1v) is 18.7. The lowest BCUT2D eigenvalue weighted by Gasteiger charge is -2.51. The number of fused-ring (bicyclic) bond motifs is 11. The van der Waals surface area contributed by atoms with Gasteiger partial charge < -0.3 is 24.4 Å². The van der Waals surface area contributed by atoms with Crippen LogP contribution in [-0.4, -0.2) is 29.3 Å². The highest BCUT2D eigenvalue weighted by Gasteiger charge is 2.53. The summed E-state index contributed by atoms with van der Waals surface area (Å²) >= 11 is 0. The maximum absolute atomic E-state index is 10.4. The molecule has 2 N–H and O–H groups in total. The van der Waals surface area contributed by atoms with E-state index in [4.69, 9.17) is 9.47 Å². The first-order valence-electron chi connectivity index (χ1n) is 18.7. The van der Waals surface area contributed by atoms with E-state index in [0.717, 1.165) is 78.5 Å². The number of hydrogen-bond donors (Lipinski definition) is 2. The summed E-state index contributed by atoms with van der Waals surface area (Å²) in [6, 6.07) is 57.1. The lowest BCUT2D eigenvalue weighted by atomic mass is 9.60. The molecule has 0 radical (unpaired) electrons. The van der Waals surface area contributed by atoms with Gasteiger partial charge in [0, 0.05) is 39.1 Å². The van der Waals surface area contributed by atoms with Crippen LogP contribution in [0.5, 0.6) is 17.2 Å². The van der Waals surface area contributed by atoms with Gasteiger partial charge in [-0.25, -0.2) is 0 Å². The molecule has 262 valence electrons. The summed E-state index contributed by atoms with van der Waals surface area (Å²) in [5.41, 5.74) is 12.6. The number of anilines is 2. The summed E-state index contributed by atoms with van der Waals surface area (Å²) in [7, 11) is -1.65. The molecule has 6 heteroatoms. The molecule has 0 aromatic heterocycles. The Kier molecular flexibility index (Phi) is 7.08. The highest BCUT2D eigenvalue weighted by atomic mass is 16.5. The SMILES string of the molecule is OB(O)c1cccc2c1OC1C2=CC=CC1N1c2ccc(-c3ccccc3)cc2C2(c3ccccc3Oc3ccccc32)c2cc(-c3ccccc3)ccc21. The molecule has 4 aliphatic rings. The van der Waals surface area contributed by atoms with Crippen LogP contribution in [0.25, 0.3) is 27.8 Å². The van der Waals surface area contributed by atoms with Crippen LogP contribution in [0.15, 0.2) is 182 Å². The molecule has 1 aliphatic carbocycles. The Balaban J connectivity index is 1.23.